The van der Waals surface area contributed by atoms with Crippen molar-refractivity contribution in [3.05, 3.63) is 89.2 Å². The number of aliphatic hydroxyl groups excluding tert-OH is 2. The molecule has 0 bridgehead atoms. The SMILES string of the molecule is C#Cc1ccc(CNC(=O)[C@@H]2C[C@@H](O)CN2C(=O)[C@@H](NC(=O)N2CC3(CC(N4CCC(c5cnc(N6CCC7Nc8nnc(-c9ccccc9O)cc8C7[C@H]6CO)nc5)CC4)C3)C2)C(C)(C)C)cc1. The van der Waals surface area contributed by atoms with Gasteiger partial charge in [-0.05, 0) is 98.0 Å². The number of phenolic OH excluding ortho intramolecular Hbond substituents is 1. The molecular formula is C52H63N11O6. The summed E-state index contributed by atoms with van der Waals surface area (Å²) in [7, 11) is 0. The summed E-state index contributed by atoms with van der Waals surface area (Å²) in [5.41, 5.74) is 4.34. The van der Waals surface area contributed by atoms with Crippen molar-refractivity contribution in [2.75, 3.05) is 56.1 Å². The number of hydrogen-bond acceptors (Lipinski definition) is 13. The van der Waals surface area contributed by atoms with Crippen molar-refractivity contribution >= 4 is 29.6 Å². The van der Waals surface area contributed by atoms with Gasteiger partial charge in [0.2, 0.25) is 17.8 Å². The van der Waals surface area contributed by atoms with Crippen molar-refractivity contribution in [1.29, 1.82) is 0 Å². The van der Waals surface area contributed by atoms with Crippen LogP contribution in [0.5, 0.6) is 5.75 Å². The van der Waals surface area contributed by atoms with Crippen LogP contribution in [-0.2, 0) is 16.1 Å². The van der Waals surface area contributed by atoms with E-state index in [0.717, 1.165) is 67.4 Å². The van der Waals surface area contributed by atoms with Gasteiger partial charge in [0.1, 0.15) is 17.8 Å². The highest BCUT2D eigenvalue weighted by Crippen LogP contribution is 2.51. The molecule has 2 unspecified atom stereocenters. The normalized spacial score (nSPS) is 24.9. The summed E-state index contributed by atoms with van der Waals surface area (Å²) < 4.78 is 0. The molecule has 17 nitrogen and oxygen atoms in total. The van der Waals surface area contributed by atoms with Crippen molar-refractivity contribution in [2.24, 2.45) is 10.8 Å². The van der Waals surface area contributed by atoms with Crippen LogP contribution in [0.2, 0.25) is 0 Å². The number of carbonyl (C=O) groups excluding carboxylic acids is 3. The lowest BCUT2D eigenvalue weighted by Crippen LogP contribution is -2.70. The first-order chi connectivity index (χ1) is 33.2. The molecule has 6 N–H and O–H groups in total. The average Bonchev–Trinajstić information content (AvgIpc) is 3.91. The van der Waals surface area contributed by atoms with E-state index in [1.807, 2.05) is 63.5 Å². The zero-order valence-electron chi connectivity index (χ0n) is 39.6. The van der Waals surface area contributed by atoms with E-state index in [9.17, 15) is 29.7 Å². The zero-order chi connectivity index (χ0) is 48.2. The minimum absolute atomic E-state index is 0.0178. The fraction of sp³-hybridized carbons (Fsp3) is 0.519. The second kappa shape index (κ2) is 18.5. The third-order valence-corrected chi connectivity index (χ3v) is 15.7. The Balaban J connectivity index is 0.692. The molecule has 4 aromatic rings. The summed E-state index contributed by atoms with van der Waals surface area (Å²) in [4.78, 5) is 59.0. The van der Waals surface area contributed by atoms with Crippen molar-refractivity contribution in [2.45, 2.75) is 114 Å². The van der Waals surface area contributed by atoms with E-state index in [1.54, 1.807) is 29.2 Å². The molecule has 10 rings (SSSR count). The maximum atomic E-state index is 14.2. The molecule has 4 saturated heterocycles. The fourth-order valence-electron chi connectivity index (χ4n) is 11.9. The number of carbonyl (C=O) groups is 3. The number of para-hydroxylation sites is 1. The number of fused-ring (bicyclic) bond motifs is 3. The van der Waals surface area contributed by atoms with E-state index in [0.29, 0.717) is 54.6 Å². The number of likely N-dealkylation sites (tertiary alicyclic amines) is 3. The van der Waals surface area contributed by atoms with Crippen LogP contribution in [0.4, 0.5) is 16.6 Å². The lowest BCUT2D eigenvalue weighted by molar-refractivity contribution is -0.142. The molecule has 362 valence electrons. The van der Waals surface area contributed by atoms with Gasteiger partial charge in [0.25, 0.3) is 0 Å². The number of amides is 4. The molecule has 17 heteroatoms. The number of phenols is 1. The second-order valence-corrected chi connectivity index (χ2v) is 21.3. The van der Waals surface area contributed by atoms with Gasteiger partial charge in [-0.2, -0.15) is 0 Å². The van der Waals surface area contributed by atoms with Gasteiger partial charge in [-0.1, -0.05) is 51.0 Å². The minimum atomic E-state index is -0.893. The van der Waals surface area contributed by atoms with Crippen LogP contribution in [-0.4, -0.2) is 150 Å². The smallest absolute Gasteiger partial charge is 0.318 e. The number of aromatic nitrogens is 4. The second-order valence-electron chi connectivity index (χ2n) is 21.3. The number of urea groups is 1. The number of aromatic hydroxyl groups is 1. The molecule has 69 heavy (non-hydrogen) atoms. The van der Waals surface area contributed by atoms with Gasteiger partial charge in [0.05, 0.1) is 24.4 Å². The number of benzene rings is 2. The monoisotopic (exact) mass is 937 g/mol. The number of nitrogens with zero attached hydrogens (tertiary/aromatic N) is 8. The third kappa shape index (κ3) is 9.05. The van der Waals surface area contributed by atoms with E-state index in [1.165, 1.54) is 4.90 Å². The summed E-state index contributed by atoms with van der Waals surface area (Å²) >= 11 is 0. The first-order valence-electron chi connectivity index (χ1n) is 24.4. The summed E-state index contributed by atoms with van der Waals surface area (Å²) in [5, 5.41) is 50.2. The van der Waals surface area contributed by atoms with Gasteiger partial charge >= 0.3 is 6.03 Å². The van der Waals surface area contributed by atoms with E-state index < -0.39 is 23.6 Å². The molecule has 2 aromatic heterocycles. The van der Waals surface area contributed by atoms with Crippen LogP contribution in [0.15, 0.2) is 67.0 Å². The lowest BCUT2D eigenvalue weighted by atomic mass is 9.60. The molecule has 5 fully saturated rings. The maximum absolute atomic E-state index is 14.2. The Bertz CT molecular complexity index is 2590. The largest absolute Gasteiger partial charge is 0.507 e. The van der Waals surface area contributed by atoms with E-state index in [4.69, 9.17) is 16.4 Å². The van der Waals surface area contributed by atoms with Crippen LogP contribution >= 0.6 is 0 Å². The molecule has 0 radical (unpaired) electrons. The van der Waals surface area contributed by atoms with Crippen molar-refractivity contribution in [3.8, 4) is 29.4 Å². The summed E-state index contributed by atoms with van der Waals surface area (Å²) in [6, 6.07) is 14.6. The Morgan fingerprint density at radius 2 is 1.71 bits per heavy atom. The van der Waals surface area contributed by atoms with Crippen molar-refractivity contribution in [3.63, 3.8) is 0 Å². The van der Waals surface area contributed by atoms with Crippen LogP contribution in [0.3, 0.4) is 0 Å². The van der Waals surface area contributed by atoms with Crippen molar-refractivity contribution < 1.29 is 29.7 Å². The van der Waals surface area contributed by atoms with Crippen LogP contribution in [0.25, 0.3) is 11.3 Å². The first kappa shape index (κ1) is 46.4. The lowest BCUT2D eigenvalue weighted by Gasteiger charge is -2.61. The van der Waals surface area contributed by atoms with E-state index in [2.05, 4.69) is 41.9 Å². The van der Waals surface area contributed by atoms with E-state index >= 15 is 0 Å². The number of β-amino-alcohol motifs (C(OH)–C–C–N with tert-alkyl or cyclic N) is 1. The topological polar surface area (TPSA) is 213 Å². The highest BCUT2D eigenvalue weighted by molar-refractivity contribution is 5.93. The van der Waals surface area contributed by atoms with Gasteiger partial charge in [-0.3, -0.25) is 9.59 Å². The predicted octanol–water partition coefficient (Wildman–Crippen LogP) is 3.82. The number of piperidine rings is 2. The van der Waals surface area contributed by atoms with Gasteiger partial charge in [-0.15, -0.1) is 16.6 Å². The number of anilines is 2. The Hall–Kier alpha value is -6.35. The molecular weight excluding hydrogens is 875 g/mol. The molecule has 4 amide bonds. The molecule has 1 aliphatic carbocycles. The number of hydrogen-bond donors (Lipinski definition) is 6. The number of nitrogens with one attached hydrogen (secondary N) is 3. The Labute approximate surface area is 403 Å². The quantitative estimate of drug-likeness (QED) is 0.125. The van der Waals surface area contributed by atoms with E-state index in [-0.39, 0.29) is 73.1 Å². The third-order valence-electron chi connectivity index (χ3n) is 15.7. The number of aliphatic hydroxyl groups is 2. The van der Waals surface area contributed by atoms with Crippen molar-refractivity contribution in [1.82, 2.24) is 45.5 Å². The number of rotatable bonds is 10. The Kier molecular flexibility index (Phi) is 12.5. The van der Waals surface area contributed by atoms with Crippen LogP contribution in [0.1, 0.15) is 93.4 Å². The molecule has 5 aliphatic heterocycles. The Morgan fingerprint density at radius 1 is 0.986 bits per heavy atom. The zero-order valence-corrected chi connectivity index (χ0v) is 39.6. The summed E-state index contributed by atoms with van der Waals surface area (Å²) in [6.07, 6.45) is 13.6. The maximum Gasteiger partial charge on any atom is 0.318 e. The molecule has 2 aromatic carbocycles. The standard InChI is InChI=1S/C52H63N11O6/c1-5-31-10-12-32(13-11-31)24-53-47(67)41-20-36(65)27-63(41)48(68)45(51(2,3)4)57-50(69)61-29-52(30-61)22-35(23-52)60-17-14-33(15-18-60)34-25-54-49(55-26-34)62-19-16-39-44(42(62)28-64)38-21-40(58-59-46(38)56-39)37-8-6-7-9-43(37)66/h1,6-13,21,25-26,33,35-36,39,41-42,44-45,64-66H,14-20,22-24,27-30H2,2-4H3,(H,53,67)(H,56,59)(H,57,69)/t36-,39?,41+,42-,44?,45-/m1/s1. The van der Waals surface area contributed by atoms with Gasteiger partial charge in [0.15, 0.2) is 5.82 Å². The minimum Gasteiger partial charge on any atom is -0.507 e. The molecule has 6 atom stereocenters. The van der Waals surface area contributed by atoms with Gasteiger partial charge < -0.3 is 50.9 Å². The summed E-state index contributed by atoms with van der Waals surface area (Å²) in [6.45, 7) is 9.82. The van der Waals surface area contributed by atoms with Crippen LogP contribution < -0.4 is 20.9 Å². The van der Waals surface area contributed by atoms with Gasteiger partial charge in [-0.25, -0.2) is 14.8 Å². The molecule has 7 heterocycles. The highest BCUT2D eigenvalue weighted by Gasteiger charge is 2.56. The molecule has 6 aliphatic rings. The number of terminal acetylenes is 1. The first-order valence-corrected chi connectivity index (χ1v) is 24.4. The Morgan fingerprint density at radius 3 is 2.39 bits per heavy atom. The molecule has 1 spiro atoms. The summed E-state index contributed by atoms with van der Waals surface area (Å²) in [5.74, 6) is 3.60. The predicted molar refractivity (Wildman–Crippen MR) is 259 cm³/mol. The molecule has 1 saturated carbocycles. The average molecular weight is 938 g/mol. The van der Waals surface area contributed by atoms with Crippen LogP contribution in [0, 0.1) is 23.2 Å². The van der Waals surface area contributed by atoms with Gasteiger partial charge in [0, 0.05) is 91.6 Å². The highest BCUT2D eigenvalue weighted by atomic mass is 16.3. The fourth-order valence-corrected chi connectivity index (χ4v) is 11.9.